The van der Waals surface area contributed by atoms with Gasteiger partial charge in [0.05, 0.1) is 4.90 Å². The zero-order valence-corrected chi connectivity index (χ0v) is 7.62. The third-order valence-electron chi connectivity index (χ3n) is 1.16. The van der Waals surface area contributed by atoms with Gasteiger partial charge in [-0.1, -0.05) is 22.9 Å². The van der Waals surface area contributed by atoms with Crippen molar-refractivity contribution < 1.29 is 13.5 Å². The van der Waals surface area contributed by atoms with Crippen molar-refractivity contribution in [2.45, 2.75) is 11.5 Å². The Balaban J connectivity index is 2.82. The molecule has 0 saturated heterocycles. The molecule has 0 heterocycles. The van der Waals surface area contributed by atoms with E-state index < -0.39 is 6.61 Å². The molecule has 66 valence electrons. The number of halogens is 2. The molecule has 1 aromatic rings. The zero-order chi connectivity index (χ0) is 8.97. The number of ether oxygens (including phenoxy) is 1. The summed E-state index contributed by atoms with van der Waals surface area (Å²) in [6, 6.07) is 6.50. The lowest BCUT2D eigenvalue weighted by molar-refractivity contribution is -0.0516. The van der Waals surface area contributed by atoms with Gasteiger partial charge in [-0.25, -0.2) is 0 Å². The van der Waals surface area contributed by atoms with Gasteiger partial charge < -0.3 is 4.74 Å². The molecule has 0 spiro atoms. The van der Waals surface area contributed by atoms with Gasteiger partial charge in [0.15, 0.2) is 0 Å². The maximum absolute atomic E-state index is 11.8. The van der Waals surface area contributed by atoms with E-state index in [0.29, 0.717) is 4.90 Å². The third-order valence-corrected chi connectivity index (χ3v) is 2.29. The molecule has 0 aliphatic carbocycles. The third kappa shape index (κ3) is 2.57. The molecule has 0 atom stereocenters. The van der Waals surface area contributed by atoms with Crippen molar-refractivity contribution in [1.29, 1.82) is 0 Å². The number of para-hydroxylation sites is 1. The van der Waals surface area contributed by atoms with E-state index in [4.69, 9.17) is 0 Å². The van der Waals surface area contributed by atoms with Crippen molar-refractivity contribution in [3.63, 3.8) is 0 Å². The number of hydrogen-bond acceptors (Lipinski definition) is 3. The molecule has 0 fully saturated rings. The fourth-order valence-corrected chi connectivity index (χ4v) is 1.52. The SMILES string of the molecule is FC(F)Oc1ccccc1SS. The lowest BCUT2D eigenvalue weighted by Gasteiger charge is -2.06. The van der Waals surface area contributed by atoms with Crippen LogP contribution in [0.3, 0.4) is 0 Å². The molecule has 1 aromatic carbocycles. The summed E-state index contributed by atoms with van der Waals surface area (Å²) in [5, 5.41) is 0. The lowest BCUT2D eigenvalue weighted by atomic mass is 10.3. The van der Waals surface area contributed by atoms with Gasteiger partial charge in [-0.2, -0.15) is 8.78 Å². The first-order chi connectivity index (χ1) is 5.74. The lowest BCUT2D eigenvalue weighted by Crippen LogP contribution is -2.02. The summed E-state index contributed by atoms with van der Waals surface area (Å²) >= 11 is 3.89. The quantitative estimate of drug-likeness (QED) is 0.603. The molecule has 0 radical (unpaired) electrons. The van der Waals surface area contributed by atoms with Gasteiger partial charge in [0, 0.05) is 0 Å². The minimum atomic E-state index is -2.79. The average Bonchev–Trinajstić information content (AvgIpc) is 2.04. The van der Waals surface area contributed by atoms with E-state index in [1.165, 1.54) is 6.07 Å². The van der Waals surface area contributed by atoms with E-state index in [1.54, 1.807) is 18.2 Å². The summed E-state index contributed by atoms with van der Waals surface area (Å²) < 4.78 is 27.8. The average molecular weight is 208 g/mol. The number of alkyl halides is 2. The molecule has 1 rings (SSSR count). The van der Waals surface area contributed by atoms with Crippen molar-refractivity contribution in [2.24, 2.45) is 0 Å². The molecule has 0 unspecified atom stereocenters. The van der Waals surface area contributed by atoms with Crippen LogP contribution in [0.4, 0.5) is 8.78 Å². The van der Waals surface area contributed by atoms with Crippen molar-refractivity contribution in [2.75, 3.05) is 0 Å². The highest BCUT2D eigenvalue weighted by molar-refractivity contribution is 8.68. The van der Waals surface area contributed by atoms with Crippen LogP contribution in [0.2, 0.25) is 0 Å². The van der Waals surface area contributed by atoms with E-state index in [0.717, 1.165) is 10.8 Å². The van der Waals surface area contributed by atoms with E-state index in [-0.39, 0.29) is 5.75 Å². The fourth-order valence-electron chi connectivity index (χ4n) is 0.719. The number of hydrogen-bond donors (Lipinski definition) is 1. The van der Waals surface area contributed by atoms with Crippen LogP contribution in [0, 0.1) is 0 Å². The van der Waals surface area contributed by atoms with Gasteiger partial charge >= 0.3 is 6.61 Å². The highest BCUT2D eigenvalue weighted by atomic mass is 33.1. The predicted octanol–water partition coefficient (Wildman–Crippen LogP) is 3.22. The Bertz CT molecular complexity index is 255. The predicted molar refractivity (Wildman–Crippen MR) is 47.9 cm³/mol. The standard InChI is InChI=1S/C7H6F2OS2/c8-7(9)10-5-3-1-2-4-6(5)12-11/h1-4,7,11H. The van der Waals surface area contributed by atoms with Crippen LogP contribution in [-0.4, -0.2) is 6.61 Å². The van der Waals surface area contributed by atoms with Crippen LogP contribution < -0.4 is 4.74 Å². The van der Waals surface area contributed by atoms with Crippen LogP contribution in [0.25, 0.3) is 0 Å². The molecular weight excluding hydrogens is 202 g/mol. The summed E-state index contributed by atoms with van der Waals surface area (Å²) in [4.78, 5) is 0.584. The van der Waals surface area contributed by atoms with E-state index in [2.05, 4.69) is 16.4 Å². The topological polar surface area (TPSA) is 9.23 Å². The Kier molecular flexibility index (Phi) is 3.68. The Morgan fingerprint density at radius 3 is 2.58 bits per heavy atom. The van der Waals surface area contributed by atoms with Gasteiger partial charge in [0.25, 0.3) is 0 Å². The van der Waals surface area contributed by atoms with Crippen LogP contribution in [0.1, 0.15) is 0 Å². The Hall–Kier alpha value is -0.420. The minimum absolute atomic E-state index is 0.160. The van der Waals surface area contributed by atoms with Crippen molar-refractivity contribution in [3.05, 3.63) is 24.3 Å². The first-order valence-electron chi connectivity index (χ1n) is 3.09. The molecule has 0 saturated carbocycles. The van der Waals surface area contributed by atoms with Crippen molar-refractivity contribution in [3.8, 4) is 5.75 Å². The van der Waals surface area contributed by atoms with Crippen LogP contribution in [0.15, 0.2) is 29.2 Å². The Morgan fingerprint density at radius 2 is 2.00 bits per heavy atom. The molecule has 0 amide bonds. The highest BCUT2D eigenvalue weighted by Crippen LogP contribution is 2.31. The monoisotopic (exact) mass is 208 g/mol. The molecule has 1 nitrogen and oxygen atoms in total. The Morgan fingerprint density at radius 1 is 1.33 bits per heavy atom. The smallest absolute Gasteiger partial charge is 0.387 e. The summed E-state index contributed by atoms with van der Waals surface area (Å²) in [5.41, 5.74) is 0. The minimum Gasteiger partial charge on any atom is -0.434 e. The van der Waals surface area contributed by atoms with Gasteiger partial charge in [-0.3, -0.25) is 0 Å². The van der Waals surface area contributed by atoms with Gasteiger partial charge in [-0.05, 0) is 12.1 Å². The van der Waals surface area contributed by atoms with Crippen molar-refractivity contribution >= 4 is 22.5 Å². The van der Waals surface area contributed by atoms with Gasteiger partial charge in [0.1, 0.15) is 5.75 Å². The molecule has 0 N–H and O–H groups in total. The summed E-state index contributed by atoms with van der Waals surface area (Å²) in [7, 11) is 1.07. The van der Waals surface area contributed by atoms with Crippen LogP contribution in [-0.2, 0) is 0 Å². The summed E-state index contributed by atoms with van der Waals surface area (Å²) in [6.45, 7) is -2.79. The first kappa shape index (κ1) is 9.67. The Labute approximate surface area is 77.9 Å². The van der Waals surface area contributed by atoms with E-state index in [1.807, 2.05) is 0 Å². The van der Waals surface area contributed by atoms with Crippen molar-refractivity contribution in [1.82, 2.24) is 0 Å². The second-order valence-electron chi connectivity index (χ2n) is 1.92. The van der Waals surface area contributed by atoms with E-state index >= 15 is 0 Å². The van der Waals surface area contributed by atoms with Gasteiger partial charge in [0.2, 0.25) is 0 Å². The first-order valence-corrected chi connectivity index (χ1v) is 4.96. The van der Waals surface area contributed by atoms with Gasteiger partial charge in [-0.15, -0.1) is 11.7 Å². The molecule has 0 aliphatic heterocycles. The zero-order valence-electron chi connectivity index (χ0n) is 5.91. The second kappa shape index (κ2) is 4.57. The van der Waals surface area contributed by atoms with Crippen LogP contribution >= 0.6 is 22.5 Å². The normalized spacial score (nSPS) is 10.3. The number of thiol groups is 1. The largest absolute Gasteiger partial charge is 0.434 e. The molecule has 0 aromatic heterocycles. The second-order valence-corrected chi connectivity index (χ2v) is 3.09. The highest BCUT2D eigenvalue weighted by Gasteiger charge is 2.07. The molecule has 12 heavy (non-hydrogen) atoms. The molecule has 0 bridgehead atoms. The van der Waals surface area contributed by atoms with E-state index in [9.17, 15) is 8.78 Å². The summed E-state index contributed by atoms with van der Waals surface area (Å²) in [5.74, 6) is 0.160. The molecule has 0 aliphatic rings. The number of benzene rings is 1. The molecule has 5 heteroatoms. The van der Waals surface area contributed by atoms with Crippen LogP contribution in [0.5, 0.6) is 5.75 Å². The maximum atomic E-state index is 11.8. The maximum Gasteiger partial charge on any atom is 0.387 e. The fraction of sp³-hybridized carbons (Fsp3) is 0.143. The molecular formula is C7H6F2OS2. The summed E-state index contributed by atoms with van der Waals surface area (Å²) in [6.07, 6.45) is 0. The number of rotatable bonds is 3.